The highest BCUT2D eigenvalue weighted by Gasteiger charge is 2.63. The SMILES string of the molecule is CC1C=C(C2=NO[C@@](c3cc(Cl)c(Cl)c(Cl)c3)(C(F)(F)F)C2)SC1C(=O)NCC(=O)NCC(F)(F)F. The van der Waals surface area contributed by atoms with Crippen LogP contribution >= 0.6 is 46.6 Å². The van der Waals surface area contributed by atoms with E-state index in [1.54, 1.807) is 12.2 Å². The van der Waals surface area contributed by atoms with Gasteiger partial charge in [-0.3, -0.25) is 9.59 Å². The van der Waals surface area contributed by atoms with Crippen molar-refractivity contribution in [2.24, 2.45) is 11.1 Å². The molecule has 0 spiro atoms. The number of halogens is 9. The third-order valence-electron chi connectivity index (χ3n) is 5.23. The van der Waals surface area contributed by atoms with Crippen LogP contribution in [0.5, 0.6) is 0 Å². The summed E-state index contributed by atoms with van der Waals surface area (Å²) < 4.78 is 79.1. The second kappa shape index (κ2) is 10.5. The summed E-state index contributed by atoms with van der Waals surface area (Å²) in [6, 6.07) is 1.97. The molecule has 3 rings (SSSR count). The molecule has 198 valence electrons. The third-order valence-corrected chi connectivity index (χ3v) is 7.95. The van der Waals surface area contributed by atoms with Crippen LogP contribution in [0.1, 0.15) is 18.9 Å². The number of rotatable bonds is 6. The van der Waals surface area contributed by atoms with E-state index in [2.05, 4.69) is 10.5 Å². The van der Waals surface area contributed by atoms with Gasteiger partial charge in [0.15, 0.2) is 0 Å². The standard InChI is InChI=1S/C20H16Cl3F6N3O3S/c1-8-2-13(36-16(8)17(34)30-6-14(33)31-7-19(24,25)26)12-5-18(35-32-12,20(27,28)29)9-3-10(21)15(23)11(22)4-9/h2-4,8,16H,5-7H2,1H3,(H,30,34)(H,31,33)/t8?,16?,18-/m0/s1. The van der Waals surface area contributed by atoms with Crippen molar-refractivity contribution in [2.75, 3.05) is 13.1 Å². The van der Waals surface area contributed by atoms with Crippen LogP contribution < -0.4 is 10.6 Å². The van der Waals surface area contributed by atoms with Gasteiger partial charge in [0.25, 0.3) is 5.60 Å². The molecule has 3 atom stereocenters. The van der Waals surface area contributed by atoms with Gasteiger partial charge in [0.2, 0.25) is 11.8 Å². The fraction of sp³-hybridized carbons (Fsp3) is 0.450. The molecule has 0 radical (unpaired) electrons. The summed E-state index contributed by atoms with van der Waals surface area (Å²) in [5.74, 6) is -2.22. The van der Waals surface area contributed by atoms with E-state index in [4.69, 9.17) is 39.6 Å². The minimum atomic E-state index is -4.94. The maximum atomic E-state index is 14.2. The highest BCUT2D eigenvalue weighted by Crippen LogP contribution is 2.52. The van der Waals surface area contributed by atoms with Crippen molar-refractivity contribution in [3.63, 3.8) is 0 Å². The number of carbonyl (C=O) groups excluding carboxylic acids is 2. The molecule has 1 aromatic carbocycles. The quantitative estimate of drug-likeness (QED) is 0.330. The minimum absolute atomic E-state index is 0.0791. The van der Waals surface area contributed by atoms with E-state index in [-0.39, 0.29) is 25.7 Å². The zero-order chi connectivity index (χ0) is 27.1. The van der Waals surface area contributed by atoms with E-state index in [1.165, 1.54) is 6.08 Å². The minimum Gasteiger partial charge on any atom is -0.374 e. The first kappa shape index (κ1) is 28.7. The van der Waals surface area contributed by atoms with Gasteiger partial charge >= 0.3 is 12.4 Å². The van der Waals surface area contributed by atoms with E-state index >= 15 is 0 Å². The van der Waals surface area contributed by atoms with Crippen LogP contribution in [0.3, 0.4) is 0 Å². The first-order chi connectivity index (χ1) is 16.5. The number of alkyl halides is 6. The molecule has 6 nitrogen and oxygen atoms in total. The zero-order valence-corrected chi connectivity index (χ0v) is 21.1. The van der Waals surface area contributed by atoms with Crippen molar-refractivity contribution in [3.8, 4) is 0 Å². The fourth-order valence-corrected chi connectivity index (χ4v) is 5.31. The lowest BCUT2D eigenvalue weighted by Crippen LogP contribution is -2.43. The lowest BCUT2D eigenvalue weighted by Gasteiger charge is -2.30. The van der Waals surface area contributed by atoms with Crippen molar-refractivity contribution in [1.82, 2.24) is 10.6 Å². The van der Waals surface area contributed by atoms with Crippen molar-refractivity contribution in [2.45, 2.75) is 36.5 Å². The Labute approximate surface area is 219 Å². The predicted octanol–water partition coefficient (Wildman–Crippen LogP) is 5.61. The lowest BCUT2D eigenvalue weighted by atomic mass is 9.88. The van der Waals surface area contributed by atoms with Gasteiger partial charge in [0.05, 0.1) is 39.0 Å². The van der Waals surface area contributed by atoms with E-state index in [0.29, 0.717) is 0 Å². The van der Waals surface area contributed by atoms with Crippen LogP contribution in [0, 0.1) is 5.92 Å². The number of allylic oxidation sites excluding steroid dienone is 2. The van der Waals surface area contributed by atoms with Crippen LogP contribution in [0.2, 0.25) is 15.1 Å². The number of nitrogens with zero attached hydrogens (tertiary/aromatic N) is 1. The molecule has 2 heterocycles. The van der Waals surface area contributed by atoms with E-state index < -0.39 is 66.0 Å². The molecule has 16 heteroatoms. The Morgan fingerprint density at radius 2 is 1.75 bits per heavy atom. The third kappa shape index (κ3) is 6.17. The highest BCUT2D eigenvalue weighted by atomic mass is 35.5. The van der Waals surface area contributed by atoms with Gasteiger partial charge in [0.1, 0.15) is 6.54 Å². The molecular formula is C20H16Cl3F6N3O3S. The number of hydrogen-bond acceptors (Lipinski definition) is 5. The molecule has 0 saturated carbocycles. The topological polar surface area (TPSA) is 79.8 Å². The summed E-state index contributed by atoms with van der Waals surface area (Å²) in [5, 5.41) is 6.06. The molecule has 2 unspecified atom stereocenters. The van der Waals surface area contributed by atoms with Gasteiger partial charge in [-0.15, -0.1) is 11.8 Å². The zero-order valence-electron chi connectivity index (χ0n) is 18.0. The molecule has 2 amide bonds. The number of nitrogens with one attached hydrogen (secondary N) is 2. The van der Waals surface area contributed by atoms with Crippen molar-refractivity contribution < 1.29 is 40.8 Å². The smallest absolute Gasteiger partial charge is 0.374 e. The molecule has 2 N–H and O–H groups in total. The molecule has 0 fully saturated rings. The monoisotopic (exact) mass is 597 g/mol. The number of hydrogen-bond donors (Lipinski definition) is 2. The Kier molecular flexibility index (Phi) is 8.38. The van der Waals surface area contributed by atoms with Gasteiger partial charge in [-0.1, -0.05) is 53.0 Å². The Morgan fingerprint density at radius 1 is 1.14 bits per heavy atom. The maximum absolute atomic E-state index is 14.2. The van der Waals surface area contributed by atoms with Gasteiger partial charge in [-0.05, 0) is 18.1 Å². The highest BCUT2D eigenvalue weighted by molar-refractivity contribution is 8.05. The van der Waals surface area contributed by atoms with Crippen LogP contribution in [-0.4, -0.2) is 48.2 Å². The van der Waals surface area contributed by atoms with E-state index in [1.807, 2.05) is 0 Å². The van der Waals surface area contributed by atoms with Gasteiger partial charge < -0.3 is 15.5 Å². The second-order valence-electron chi connectivity index (χ2n) is 7.92. The number of benzene rings is 1. The Morgan fingerprint density at radius 3 is 2.31 bits per heavy atom. The predicted molar refractivity (Wildman–Crippen MR) is 123 cm³/mol. The summed E-state index contributed by atoms with van der Waals surface area (Å²) in [4.78, 5) is 29.2. The maximum Gasteiger partial charge on any atom is 0.435 e. The van der Waals surface area contributed by atoms with Crippen LogP contribution in [0.25, 0.3) is 0 Å². The van der Waals surface area contributed by atoms with E-state index in [0.717, 1.165) is 23.9 Å². The van der Waals surface area contributed by atoms with Crippen LogP contribution in [-0.2, 0) is 20.0 Å². The molecular weight excluding hydrogens is 583 g/mol. The number of carbonyl (C=O) groups is 2. The summed E-state index contributed by atoms with van der Waals surface area (Å²) in [6.45, 7) is -0.639. The summed E-state index contributed by atoms with van der Waals surface area (Å²) in [6.07, 6.45) is -8.76. The summed E-state index contributed by atoms with van der Waals surface area (Å²) in [5.41, 5.74) is -3.39. The number of oxime groups is 1. The van der Waals surface area contributed by atoms with Crippen LogP contribution in [0.15, 0.2) is 28.3 Å². The molecule has 2 aliphatic rings. The normalized spacial score (nSPS) is 24.2. The molecule has 36 heavy (non-hydrogen) atoms. The molecule has 0 bridgehead atoms. The van der Waals surface area contributed by atoms with E-state index in [9.17, 15) is 35.9 Å². The summed E-state index contributed by atoms with van der Waals surface area (Å²) >= 11 is 18.6. The Bertz CT molecular complexity index is 1110. The Balaban J connectivity index is 1.69. The number of thioether (sulfide) groups is 1. The van der Waals surface area contributed by atoms with Gasteiger partial charge in [-0.2, -0.15) is 26.3 Å². The molecule has 0 aliphatic carbocycles. The molecule has 0 saturated heterocycles. The van der Waals surface area contributed by atoms with Crippen LogP contribution in [0.4, 0.5) is 26.3 Å². The largest absolute Gasteiger partial charge is 0.435 e. The Hall–Kier alpha value is -1.83. The molecule has 2 aliphatic heterocycles. The first-order valence-corrected chi connectivity index (χ1v) is 12.0. The molecule has 1 aromatic rings. The lowest BCUT2D eigenvalue weighted by molar-refractivity contribution is -0.275. The molecule has 0 aromatic heterocycles. The van der Waals surface area contributed by atoms with Gasteiger partial charge in [-0.25, -0.2) is 0 Å². The average molecular weight is 599 g/mol. The van der Waals surface area contributed by atoms with Gasteiger partial charge in [0, 0.05) is 10.5 Å². The van der Waals surface area contributed by atoms with Crippen molar-refractivity contribution >= 4 is 64.1 Å². The first-order valence-electron chi connectivity index (χ1n) is 10.0. The van der Waals surface area contributed by atoms with Crippen molar-refractivity contribution in [3.05, 3.63) is 43.7 Å². The summed E-state index contributed by atoms with van der Waals surface area (Å²) in [7, 11) is 0. The van der Waals surface area contributed by atoms with Crippen molar-refractivity contribution in [1.29, 1.82) is 0 Å². The number of amides is 2. The fourth-order valence-electron chi connectivity index (χ4n) is 3.42. The average Bonchev–Trinajstić information content (AvgIpc) is 3.38. The second-order valence-corrected chi connectivity index (χ2v) is 10.3.